The highest BCUT2D eigenvalue weighted by Crippen LogP contribution is 2.43. The summed E-state index contributed by atoms with van der Waals surface area (Å²) in [4.78, 5) is 35.9. The summed E-state index contributed by atoms with van der Waals surface area (Å²) in [7, 11) is 1.47. The average molecular weight is 1280 g/mol. The van der Waals surface area contributed by atoms with Gasteiger partial charge < -0.3 is 18.9 Å². The summed E-state index contributed by atoms with van der Waals surface area (Å²) in [5.74, 6) is -0.797. The minimum atomic E-state index is -4.40. The van der Waals surface area contributed by atoms with Crippen molar-refractivity contribution in [2.24, 2.45) is 0 Å². The molecular weight excluding hydrogens is 1130 g/mol. The monoisotopic (exact) mass is 1280 g/mol. The molecule has 2 atom stereocenters. The molecule has 0 radical (unpaired) electrons. The topological polar surface area (TPSA) is 108 Å². The zero-order valence-electron chi connectivity index (χ0n) is 59.1. The predicted octanol–water partition coefficient (Wildman–Crippen LogP) is 24.6. The Bertz CT molecular complexity index is 1940. The molecule has 0 rings (SSSR count). The van der Waals surface area contributed by atoms with Crippen molar-refractivity contribution in [2.75, 3.05) is 47.5 Å². The number of nitrogens with zero attached hydrogens (tertiary/aromatic N) is 1. The van der Waals surface area contributed by atoms with Crippen LogP contribution in [0.15, 0.2) is 122 Å². The first-order chi connectivity index (χ1) is 44.0. The molecule has 0 bridgehead atoms. The van der Waals surface area contributed by atoms with Crippen LogP contribution in [0, 0.1) is 0 Å². The van der Waals surface area contributed by atoms with E-state index in [4.69, 9.17) is 18.5 Å². The molecule has 0 aromatic rings. The molecule has 0 aromatic carbocycles. The summed E-state index contributed by atoms with van der Waals surface area (Å²) in [5, 5.41) is 0. The Kier molecular flexibility index (Phi) is 67.0. The Morgan fingerprint density at radius 1 is 0.344 bits per heavy atom. The lowest BCUT2D eigenvalue weighted by Gasteiger charge is -2.24. The number of unbranched alkanes of at least 4 members (excludes halogenated alkanes) is 34. The molecule has 0 aliphatic rings. The molecule has 0 fully saturated rings. The number of allylic oxidation sites excluding steroid dienone is 20. The van der Waals surface area contributed by atoms with Crippen molar-refractivity contribution in [2.45, 2.75) is 328 Å². The number of quaternary nitrogens is 1. The van der Waals surface area contributed by atoms with Crippen molar-refractivity contribution in [3.05, 3.63) is 122 Å². The fraction of sp³-hybridized carbons (Fsp3) is 0.725. The molecule has 0 saturated carbocycles. The van der Waals surface area contributed by atoms with Gasteiger partial charge in [0.05, 0.1) is 27.7 Å². The zero-order chi connectivity index (χ0) is 65.5. The third kappa shape index (κ3) is 73.5. The second-order valence-electron chi connectivity index (χ2n) is 25.9. The van der Waals surface area contributed by atoms with Gasteiger partial charge in [0.15, 0.2) is 6.10 Å². The van der Waals surface area contributed by atoms with Gasteiger partial charge in [-0.2, -0.15) is 0 Å². The van der Waals surface area contributed by atoms with Crippen LogP contribution in [0.4, 0.5) is 0 Å². The van der Waals surface area contributed by atoms with Gasteiger partial charge in [0.2, 0.25) is 0 Å². The van der Waals surface area contributed by atoms with Gasteiger partial charge in [0, 0.05) is 12.8 Å². The van der Waals surface area contributed by atoms with Gasteiger partial charge in [0.1, 0.15) is 19.8 Å². The van der Waals surface area contributed by atoms with Crippen molar-refractivity contribution in [3.63, 3.8) is 0 Å². The predicted molar refractivity (Wildman–Crippen MR) is 390 cm³/mol. The molecule has 0 aromatic heterocycles. The van der Waals surface area contributed by atoms with Crippen LogP contribution < -0.4 is 0 Å². The molecular formula is C80H141NO8P+. The highest BCUT2D eigenvalue weighted by molar-refractivity contribution is 7.47. The number of likely N-dealkylation sites (N-methyl/N-ethyl adjacent to an activating group) is 1. The lowest BCUT2D eigenvalue weighted by molar-refractivity contribution is -0.870. The molecule has 0 saturated heterocycles. The zero-order valence-corrected chi connectivity index (χ0v) is 60.0. The normalized spacial score (nSPS) is 13.8. The van der Waals surface area contributed by atoms with Crippen LogP contribution in [-0.4, -0.2) is 74.9 Å². The fourth-order valence-electron chi connectivity index (χ4n) is 10.4. The van der Waals surface area contributed by atoms with E-state index in [2.05, 4.69) is 135 Å². The number of phosphoric acid groups is 1. The third-order valence-corrected chi connectivity index (χ3v) is 17.0. The second-order valence-corrected chi connectivity index (χ2v) is 27.4. The molecule has 0 spiro atoms. The largest absolute Gasteiger partial charge is 0.472 e. The summed E-state index contributed by atoms with van der Waals surface area (Å²) < 4.78 is 34.8. The molecule has 518 valence electrons. The maximum Gasteiger partial charge on any atom is 0.472 e. The molecule has 0 amide bonds. The van der Waals surface area contributed by atoms with Crippen LogP contribution in [0.2, 0.25) is 0 Å². The molecule has 1 N–H and O–H groups in total. The molecule has 0 aliphatic heterocycles. The number of ether oxygens (including phenoxy) is 2. The minimum Gasteiger partial charge on any atom is -0.462 e. The first-order valence-corrected chi connectivity index (χ1v) is 38.8. The Labute approximate surface area is 556 Å². The van der Waals surface area contributed by atoms with Crippen LogP contribution in [0.5, 0.6) is 0 Å². The average Bonchev–Trinajstić information content (AvgIpc) is 3.62. The SMILES string of the molecule is CC/C=C\C/C=C\C/C=C\C/C=C\C/C=C\CCCCCCCCCCCCCCCCCCCCCCCCCCCC(=O)OC(COC(=O)CCCCCCCCCCC/C=C\C/C=C\C/C=C\C/C=C\C/C=C\CC)COP(=O)(O)OCC[N+](C)(C)C. The summed E-state index contributed by atoms with van der Waals surface area (Å²) in [6, 6.07) is 0. The number of hydrogen-bond acceptors (Lipinski definition) is 7. The Balaban J connectivity index is 3.95. The molecule has 0 aliphatic carbocycles. The van der Waals surface area contributed by atoms with E-state index in [9.17, 15) is 19.0 Å². The van der Waals surface area contributed by atoms with Gasteiger partial charge in [-0.25, -0.2) is 4.57 Å². The molecule has 9 nitrogen and oxygen atoms in total. The van der Waals surface area contributed by atoms with Crippen molar-refractivity contribution < 1.29 is 42.1 Å². The van der Waals surface area contributed by atoms with Gasteiger partial charge in [-0.15, -0.1) is 0 Å². The van der Waals surface area contributed by atoms with Gasteiger partial charge in [0.25, 0.3) is 0 Å². The lowest BCUT2D eigenvalue weighted by Crippen LogP contribution is -2.37. The van der Waals surface area contributed by atoms with E-state index >= 15 is 0 Å². The van der Waals surface area contributed by atoms with E-state index in [-0.39, 0.29) is 32.0 Å². The van der Waals surface area contributed by atoms with E-state index in [1.165, 1.54) is 180 Å². The maximum atomic E-state index is 12.9. The van der Waals surface area contributed by atoms with Crippen molar-refractivity contribution in [1.29, 1.82) is 0 Å². The highest BCUT2D eigenvalue weighted by Gasteiger charge is 2.27. The standard InChI is InChI=1S/C80H140NO8P/c1-6-8-10-12-14-16-18-20-22-24-26-28-30-32-33-34-35-36-37-38-39-40-41-42-43-44-45-46-47-49-51-53-55-57-59-61-63-65-67-69-71-73-80(83)89-78(77-88-90(84,85)87-75-74-81(3,4)5)76-86-79(82)72-70-68-66-64-62-60-58-56-54-52-50-48-31-29-27-25-23-21-19-17-15-13-11-9-7-2/h8-11,14-17,20-23,26-29,32-33,48,50,78H,6-7,12-13,18-19,24-25,30-31,34-47,49,51-77H2,1-5H3/p+1/b10-8-,11-9-,16-14-,17-15-,22-20-,23-21-,28-26-,29-27-,33-32-,50-48-. The smallest absolute Gasteiger partial charge is 0.462 e. The third-order valence-electron chi connectivity index (χ3n) is 16.0. The number of rotatable bonds is 68. The Hall–Kier alpha value is -3.59. The Morgan fingerprint density at radius 3 is 0.889 bits per heavy atom. The van der Waals surface area contributed by atoms with Crippen LogP contribution in [0.1, 0.15) is 322 Å². The molecule has 10 heteroatoms. The van der Waals surface area contributed by atoms with Crippen LogP contribution >= 0.6 is 7.82 Å². The molecule has 90 heavy (non-hydrogen) atoms. The van der Waals surface area contributed by atoms with E-state index < -0.39 is 26.5 Å². The van der Waals surface area contributed by atoms with E-state index in [0.717, 1.165) is 109 Å². The molecule has 0 heterocycles. The summed E-state index contributed by atoms with van der Waals surface area (Å²) in [6.45, 7) is 4.23. The Morgan fingerprint density at radius 2 is 0.600 bits per heavy atom. The van der Waals surface area contributed by atoms with Crippen molar-refractivity contribution in [3.8, 4) is 0 Å². The van der Waals surface area contributed by atoms with Crippen molar-refractivity contribution >= 4 is 19.8 Å². The number of phosphoric ester groups is 1. The number of carbonyl (C=O) groups is 2. The first kappa shape index (κ1) is 86.4. The quantitative estimate of drug-likeness (QED) is 0.0211. The number of hydrogen-bond donors (Lipinski definition) is 1. The van der Waals surface area contributed by atoms with Gasteiger partial charge in [-0.05, 0) is 103 Å². The minimum absolute atomic E-state index is 0.0279. The van der Waals surface area contributed by atoms with E-state index in [0.29, 0.717) is 17.4 Å². The first-order valence-electron chi connectivity index (χ1n) is 37.3. The summed E-state index contributed by atoms with van der Waals surface area (Å²) >= 11 is 0. The lowest BCUT2D eigenvalue weighted by atomic mass is 10.0. The van der Waals surface area contributed by atoms with Crippen LogP contribution in [0.3, 0.4) is 0 Å². The maximum absolute atomic E-state index is 12.9. The fourth-order valence-corrected chi connectivity index (χ4v) is 11.1. The number of esters is 2. The highest BCUT2D eigenvalue weighted by atomic mass is 31.2. The van der Waals surface area contributed by atoms with Crippen LogP contribution in [0.25, 0.3) is 0 Å². The van der Waals surface area contributed by atoms with Crippen molar-refractivity contribution in [1.82, 2.24) is 0 Å². The van der Waals surface area contributed by atoms with E-state index in [1.807, 2.05) is 21.1 Å². The van der Waals surface area contributed by atoms with Crippen LogP contribution in [-0.2, 0) is 32.7 Å². The second kappa shape index (κ2) is 69.7. The van der Waals surface area contributed by atoms with E-state index in [1.54, 1.807) is 0 Å². The summed E-state index contributed by atoms with van der Waals surface area (Å²) in [6.07, 6.45) is 100. The molecule has 2 unspecified atom stereocenters. The van der Waals surface area contributed by atoms with Gasteiger partial charge >= 0.3 is 19.8 Å². The van der Waals surface area contributed by atoms with Gasteiger partial charge in [-0.3, -0.25) is 18.6 Å². The number of carbonyl (C=O) groups excluding carboxylic acids is 2. The van der Waals surface area contributed by atoms with Gasteiger partial charge in [-0.1, -0.05) is 328 Å². The summed E-state index contributed by atoms with van der Waals surface area (Å²) in [5.41, 5.74) is 0.